The Morgan fingerprint density at radius 3 is 2.17 bits per heavy atom. The van der Waals surface area contributed by atoms with Crippen LogP contribution in [0.4, 0.5) is 4.79 Å². The van der Waals surface area contributed by atoms with Gasteiger partial charge in [0.1, 0.15) is 6.10 Å². The molecule has 0 unspecified atom stereocenters. The highest BCUT2D eigenvalue weighted by atomic mass is 16.6. The highest BCUT2D eigenvalue weighted by Gasteiger charge is 2.71. The van der Waals surface area contributed by atoms with Gasteiger partial charge in [0.25, 0.3) is 0 Å². The predicted molar refractivity (Wildman–Crippen MR) is 185 cm³/mol. The zero-order chi connectivity index (χ0) is 35.0. The number of amides is 1. The molecule has 0 spiro atoms. The molecule has 0 bridgehead atoms. The van der Waals surface area contributed by atoms with E-state index in [4.69, 9.17) is 9.47 Å². The lowest BCUT2D eigenvalue weighted by Gasteiger charge is -2.73. The van der Waals surface area contributed by atoms with E-state index in [0.29, 0.717) is 36.2 Å². The zero-order valence-corrected chi connectivity index (χ0v) is 31.3. The second kappa shape index (κ2) is 12.1. The number of hydrogen-bond donors (Lipinski definition) is 1. The summed E-state index contributed by atoms with van der Waals surface area (Å²) in [6.07, 6.45) is 11.9. The van der Waals surface area contributed by atoms with Crippen LogP contribution in [0.15, 0.2) is 12.2 Å². The second-order valence-corrected chi connectivity index (χ2v) is 19.0. The van der Waals surface area contributed by atoms with Crippen molar-refractivity contribution in [3.63, 3.8) is 0 Å². The standard InChI is InChI=1S/C40H65NO6/c1-25(2)26-14-19-40(22-23-46-34(45)41(10)11)21-20-38(8)27(32(26)40)12-13-29-37(7)17-16-30(47-31(42)24-35(3,4)33(43)44)36(5,6)28(37)15-18-39(29,38)9/h26-30,32H,1,12-24H2,2-11H3,(H,43,44)/t26-,27+,28-,29+,30-,32+,37-,38+,39+,40+/m0/s1. The van der Waals surface area contributed by atoms with Crippen molar-refractivity contribution in [2.24, 2.45) is 62.1 Å². The van der Waals surface area contributed by atoms with Crippen LogP contribution < -0.4 is 0 Å². The van der Waals surface area contributed by atoms with Crippen molar-refractivity contribution >= 4 is 18.0 Å². The number of fused-ring (bicyclic) bond motifs is 7. The number of ether oxygens (including phenoxy) is 2. The fourth-order valence-electron chi connectivity index (χ4n) is 13.0. The molecule has 0 aromatic heterocycles. The summed E-state index contributed by atoms with van der Waals surface area (Å²) in [5.41, 5.74) is 0.829. The summed E-state index contributed by atoms with van der Waals surface area (Å²) in [5, 5.41) is 9.57. The normalized spacial score (nSPS) is 42.2. The number of carbonyl (C=O) groups excluding carboxylic acids is 2. The van der Waals surface area contributed by atoms with E-state index in [1.165, 1.54) is 55.4 Å². The first kappa shape index (κ1) is 36.2. The molecule has 0 heterocycles. The molecular weight excluding hydrogens is 590 g/mol. The van der Waals surface area contributed by atoms with Crippen LogP contribution in [0, 0.1) is 62.1 Å². The van der Waals surface area contributed by atoms with E-state index in [-0.39, 0.29) is 45.7 Å². The molecule has 7 heteroatoms. The van der Waals surface area contributed by atoms with Crippen LogP contribution in [0.25, 0.3) is 0 Å². The van der Waals surface area contributed by atoms with Crippen LogP contribution >= 0.6 is 0 Å². The van der Waals surface area contributed by atoms with Crippen molar-refractivity contribution in [2.45, 2.75) is 139 Å². The lowest BCUT2D eigenvalue weighted by atomic mass is 9.32. The second-order valence-electron chi connectivity index (χ2n) is 19.0. The van der Waals surface area contributed by atoms with Gasteiger partial charge in [-0.3, -0.25) is 9.59 Å². The number of nitrogens with zero attached hydrogens (tertiary/aromatic N) is 1. The Hall–Kier alpha value is -2.05. The molecule has 5 aliphatic rings. The minimum absolute atomic E-state index is 0.108. The molecule has 0 aromatic carbocycles. The maximum atomic E-state index is 13.0. The number of carboxylic acid groups (broad SMARTS) is 1. The Morgan fingerprint density at radius 1 is 0.872 bits per heavy atom. The van der Waals surface area contributed by atoms with Crippen LogP contribution in [-0.4, -0.2) is 54.8 Å². The van der Waals surface area contributed by atoms with Gasteiger partial charge in [-0.25, -0.2) is 4.79 Å². The summed E-state index contributed by atoms with van der Waals surface area (Å²) in [7, 11) is 3.50. The van der Waals surface area contributed by atoms with E-state index in [0.717, 1.165) is 25.7 Å². The summed E-state index contributed by atoms with van der Waals surface area (Å²) in [5.74, 6) is 1.44. The van der Waals surface area contributed by atoms with Gasteiger partial charge >= 0.3 is 18.0 Å². The van der Waals surface area contributed by atoms with Gasteiger partial charge in [0.15, 0.2) is 0 Å². The lowest BCUT2D eigenvalue weighted by molar-refractivity contribution is -0.251. The number of esters is 1. The Labute approximate surface area is 285 Å². The number of carbonyl (C=O) groups is 3. The van der Waals surface area contributed by atoms with E-state index >= 15 is 0 Å². The molecule has 5 rings (SSSR count). The van der Waals surface area contributed by atoms with Crippen molar-refractivity contribution in [3.8, 4) is 0 Å². The van der Waals surface area contributed by atoms with Gasteiger partial charge in [0.05, 0.1) is 18.4 Å². The number of allylic oxidation sites excluding steroid dienone is 1. The third-order valence-electron chi connectivity index (χ3n) is 15.8. The van der Waals surface area contributed by atoms with Crippen molar-refractivity contribution in [3.05, 3.63) is 12.2 Å². The zero-order valence-electron chi connectivity index (χ0n) is 31.3. The number of rotatable bonds is 8. The molecule has 0 aromatic rings. The lowest BCUT2D eigenvalue weighted by Crippen LogP contribution is -2.66. The highest BCUT2D eigenvalue weighted by Crippen LogP contribution is 2.78. The summed E-state index contributed by atoms with van der Waals surface area (Å²) in [6.45, 7) is 22.9. The summed E-state index contributed by atoms with van der Waals surface area (Å²) >= 11 is 0. The van der Waals surface area contributed by atoms with Gasteiger partial charge in [-0.2, -0.15) is 0 Å². The molecular formula is C40H65NO6. The van der Waals surface area contributed by atoms with Gasteiger partial charge in [0.2, 0.25) is 0 Å². The molecule has 47 heavy (non-hydrogen) atoms. The maximum absolute atomic E-state index is 13.0. The minimum atomic E-state index is -1.14. The predicted octanol–water partition coefficient (Wildman–Crippen LogP) is 9.15. The number of hydrogen-bond acceptors (Lipinski definition) is 5. The fraction of sp³-hybridized carbons (Fsp3) is 0.875. The number of aliphatic carboxylic acids is 1. The molecule has 266 valence electrons. The quantitative estimate of drug-likeness (QED) is 0.207. The van der Waals surface area contributed by atoms with Crippen LogP contribution in [0.5, 0.6) is 0 Å². The third kappa shape index (κ3) is 5.65. The monoisotopic (exact) mass is 655 g/mol. The summed E-state index contributed by atoms with van der Waals surface area (Å²) in [6, 6.07) is 0. The van der Waals surface area contributed by atoms with E-state index in [2.05, 4.69) is 48.1 Å². The van der Waals surface area contributed by atoms with E-state index in [1.54, 1.807) is 27.9 Å². The van der Waals surface area contributed by atoms with E-state index in [9.17, 15) is 19.5 Å². The topological polar surface area (TPSA) is 93.1 Å². The highest BCUT2D eigenvalue weighted by molar-refractivity contribution is 5.81. The molecule has 5 aliphatic carbocycles. The van der Waals surface area contributed by atoms with Crippen LogP contribution in [0.1, 0.15) is 132 Å². The van der Waals surface area contributed by atoms with Gasteiger partial charge in [-0.15, -0.1) is 0 Å². The van der Waals surface area contributed by atoms with E-state index in [1.807, 2.05) is 0 Å². The summed E-state index contributed by atoms with van der Waals surface area (Å²) < 4.78 is 11.9. The number of carboxylic acids is 1. The Bertz CT molecular complexity index is 1270. The fourth-order valence-corrected chi connectivity index (χ4v) is 13.0. The third-order valence-corrected chi connectivity index (χ3v) is 15.8. The molecule has 0 saturated heterocycles. The molecule has 5 saturated carbocycles. The SMILES string of the molecule is C=C(C)[C@@H]1CC[C@]2(CCOC(=O)N(C)C)CC[C@]3(C)[C@H](CC[C@@H]4[C@@]5(C)CC[C@H](OC(=O)CC(C)(C)C(=O)O)C(C)(C)[C@@H]5CC[C@]43C)[C@@H]12. The van der Waals surface area contributed by atoms with Gasteiger partial charge in [-0.05, 0) is 143 Å². The van der Waals surface area contributed by atoms with Crippen LogP contribution in [0.2, 0.25) is 0 Å². The van der Waals surface area contributed by atoms with Crippen molar-refractivity contribution in [2.75, 3.05) is 20.7 Å². The van der Waals surface area contributed by atoms with Crippen LogP contribution in [-0.2, 0) is 19.1 Å². The van der Waals surface area contributed by atoms with E-state index < -0.39 is 17.4 Å². The smallest absolute Gasteiger partial charge is 0.409 e. The maximum Gasteiger partial charge on any atom is 0.409 e. The molecule has 1 amide bonds. The van der Waals surface area contributed by atoms with Gasteiger partial charge in [-0.1, -0.05) is 46.8 Å². The first-order valence-corrected chi connectivity index (χ1v) is 18.6. The average molecular weight is 656 g/mol. The molecule has 7 nitrogen and oxygen atoms in total. The Balaban J connectivity index is 1.39. The van der Waals surface area contributed by atoms with Crippen molar-refractivity contribution < 1.29 is 29.0 Å². The van der Waals surface area contributed by atoms with Crippen LogP contribution in [0.3, 0.4) is 0 Å². The molecule has 10 atom stereocenters. The van der Waals surface area contributed by atoms with Gasteiger partial charge in [0, 0.05) is 19.5 Å². The molecule has 1 N–H and O–H groups in total. The first-order valence-electron chi connectivity index (χ1n) is 18.6. The largest absolute Gasteiger partial charge is 0.481 e. The Kier molecular flexibility index (Phi) is 9.31. The Morgan fingerprint density at radius 2 is 1.55 bits per heavy atom. The van der Waals surface area contributed by atoms with Gasteiger partial charge < -0.3 is 19.5 Å². The average Bonchev–Trinajstić information content (AvgIpc) is 3.34. The molecule has 5 fully saturated rings. The van der Waals surface area contributed by atoms with Crippen molar-refractivity contribution in [1.82, 2.24) is 4.90 Å². The van der Waals surface area contributed by atoms with Crippen molar-refractivity contribution in [1.29, 1.82) is 0 Å². The molecule has 0 aliphatic heterocycles. The molecule has 0 radical (unpaired) electrons. The first-order chi connectivity index (χ1) is 21.7. The summed E-state index contributed by atoms with van der Waals surface area (Å²) in [4.78, 5) is 38.6. The minimum Gasteiger partial charge on any atom is -0.481 e.